The number of imidazole rings is 1. The first kappa shape index (κ1) is 11.1. The molecule has 0 aliphatic rings. The van der Waals surface area contributed by atoms with Gasteiger partial charge in [0.1, 0.15) is 5.82 Å². The highest BCUT2D eigenvalue weighted by Gasteiger charge is 2.05. The number of benzene rings is 1. The maximum absolute atomic E-state index is 13.2. The van der Waals surface area contributed by atoms with Crippen LogP contribution in [-0.4, -0.2) is 16.0 Å². The van der Waals surface area contributed by atoms with E-state index in [-0.39, 0.29) is 5.69 Å². The average Bonchev–Trinajstić information content (AvgIpc) is 2.82. The van der Waals surface area contributed by atoms with Gasteiger partial charge in [0.15, 0.2) is 0 Å². The van der Waals surface area contributed by atoms with E-state index in [2.05, 4.69) is 20.6 Å². The monoisotopic (exact) mass is 234 g/mol. The van der Waals surface area contributed by atoms with Gasteiger partial charge in [-0.05, 0) is 12.1 Å². The predicted molar refractivity (Wildman–Crippen MR) is 60.8 cm³/mol. The lowest BCUT2D eigenvalue weighted by Crippen LogP contribution is -2.28. The SMILES string of the molecule is O=C(NCc1cnc[nH]1)Nc1ccccc1F. The van der Waals surface area contributed by atoms with Gasteiger partial charge in [-0.3, -0.25) is 0 Å². The van der Waals surface area contributed by atoms with Crippen molar-refractivity contribution >= 4 is 11.7 Å². The molecule has 0 bridgehead atoms. The number of hydrogen-bond acceptors (Lipinski definition) is 2. The number of urea groups is 1. The van der Waals surface area contributed by atoms with Crippen LogP contribution in [0.2, 0.25) is 0 Å². The second-order valence-corrected chi connectivity index (χ2v) is 3.36. The van der Waals surface area contributed by atoms with E-state index >= 15 is 0 Å². The molecule has 2 aromatic rings. The first-order valence-electron chi connectivity index (χ1n) is 5.02. The summed E-state index contributed by atoms with van der Waals surface area (Å²) in [6.45, 7) is 0.306. The van der Waals surface area contributed by atoms with E-state index in [1.807, 2.05) is 0 Å². The largest absolute Gasteiger partial charge is 0.347 e. The van der Waals surface area contributed by atoms with Gasteiger partial charge in [-0.15, -0.1) is 0 Å². The third kappa shape index (κ3) is 3.04. The van der Waals surface area contributed by atoms with Gasteiger partial charge in [0.2, 0.25) is 0 Å². The van der Waals surface area contributed by atoms with E-state index < -0.39 is 11.8 Å². The Morgan fingerprint density at radius 1 is 1.41 bits per heavy atom. The summed E-state index contributed by atoms with van der Waals surface area (Å²) in [5, 5.41) is 4.99. The van der Waals surface area contributed by atoms with Crippen LogP contribution in [-0.2, 0) is 6.54 Å². The average molecular weight is 234 g/mol. The minimum absolute atomic E-state index is 0.148. The summed E-state index contributed by atoms with van der Waals surface area (Å²) in [4.78, 5) is 18.1. The molecule has 3 N–H and O–H groups in total. The number of hydrogen-bond donors (Lipinski definition) is 3. The van der Waals surface area contributed by atoms with Crippen LogP contribution < -0.4 is 10.6 Å². The Bertz CT molecular complexity index is 498. The zero-order chi connectivity index (χ0) is 12.1. The molecular weight excluding hydrogens is 223 g/mol. The number of aromatic nitrogens is 2. The number of nitrogens with zero attached hydrogens (tertiary/aromatic N) is 1. The quantitative estimate of drug-likeness (QED) is 0.758. The molecule has 0 aliphatic heterocycles. The molecule has 1 aromatic heterocycles. The van der Waals surface area contributed by atoms with Crippen molar-refractivity contribution in [2.75, 3.05) is 5.32 Å². The molecule has 0 unspecified atom stereocenters. The number of para-hydroxylation sites is 1. The van der Waals surface area contributed by atoms with Gasteiger partial charge in [0, 0.05) is 6.20 Å². The van der Waals surface area contributed by atoms with E-state index in [1.54, 1.807) is 18.3 Å². The number of amides is 2. The number of halogens is 1. The number of carbonyl (C=O) groups excluding carboxylic acids is 1. The highest BCUT2D eigenvalue weighted by Crippen LogP contribution is 2.11. The second kappa shape index (κ2) is 5.11. The summed E-state index contributed by atoms with van der Waals surface area (Å²) < 4.78 is 13.2. The summed E-state index contributed by atoms with van der Waals surface area (Å²) in [6, 6.07) is 5.51. The standard InChI is InChI=1S/C11H11FN4O/c12-9-3-1-2-4-10(9)16-11(17)14-6-8-5-13-7-15-8/h1-5,7H,6H2,(H,13,15)(H2,14,16,17). The molecule has 0 aliphatic carbocycles. The Labute approximate surface area is 97.1 Å². The summed E-state index contributed by atoms with van der Waals surface area (Å²) in [5.41, 5.74) is 0.920. The number of anilines is 1. The molecule has 5 nitrogen and oxygen atoms in total. The van der Waals surface area contributed by atoms with Crippen LogP contribution in [0.15, 0.2) is 36.8 Å². The Morgan fingerprint density at radius 3 is 2.94 bits per heavy atom. The lowest BCUT2D eigenvalue weighted by molar-refractivity contribution is 0.251. The third-order valence-electron chi connectivity index (χ3n) is 2.12. The van der Waals surface area contributed by atoms with Crippen molar-refractivity contribution in [1.82, 2.24) is 15.3 Å². The van der Waals surface area contributed by atoms with Gasteiger partial charge in [0.25, 0.3) is 0 Å². The molecule has 1 heterocycles. The molecule has 0 saturated carbocycles. The smallest absolute Gasteiger partial charge is 0.319 e. The molecule has 2 rings (SSSR count). The highest BCUT2D eigenvalue weighted by molar-refractivity contribution is 5.89. The minimum Gasteiger partial charge on any atom is -0.347 e. The van der Waals surface area contributed by atoms with Crippen LogP contribution in [0, 0.1) is 5.82 Å². The molecule has 1 aromatic carbocycles. The Morgan fingerprint density at radius 2 is 2.24 bits per heavy atom. The van der Waals surface area contributed by atoms with Crippen molar-refractivity contribution in [1.29, 1.82) is 0 Å². The van der Waals surface area contributed by atoms with Gasteiger partial charge in [-0.2, -0.15) is 0 Å². The van der Waals surface area contributed by atoms with Gasteiger partial charge in [-0.25, -0.2) is 14.2 Å². The molecule has 17 heavy (non-hydrogen) atoms. The van der Waals surface area contributed by atoms with Gasteiger partial charge in [-0.1, -0.05) is 12.1 Å². The number of rotatable bonds is 3. The number of aromatic amines is 1. The van der Waals surface area contributed by atoms with E-state index in [4.69, 9.17) is 0 Å². The maximum atomic E-state index is 13.2. The fourth-order valence-electron chi connectivity index (χ4n) is 1.29. The van der Waals surface area contributed by atoms with Crippen molar-refractivity contribution in [3.05, 3.63) is 48.3 Å². The van der Waals surface area contributed by atoms with Crippen molar-refractivity contribution in [3.8, 4) is 0 Å². The summed E-state index contributed by atoms with van der Waals surface area (Å²) in [5.74, 6) is -0.468. The molecule has 2 amide bonds. The van der Waals surface area contributed by atoms with E-state index in [0.717, 1.165) is 5.69 Å². The Balaban J connectivity index is 1.87. The van der Waals surface area contributed by atoms with Crippen LogP contribution in [0.5, 0.6) is 0 Å². The minimum atomic E-state index is -0.468. The fraction of sp³-hybridized carbons (Fsp3) is 0.0909. The van der Waals surface area contributed by atoms with E-state index in [1.165, 1.54) is 18.5 Å². The first-order valence-corrected chi connectivity index (χ1v) is 5.02. The lowest BCUT2D eigenvalue weighted by atomic mass is 10.3. The summed E-state index contributed by atoms with van der Waals surface area (Å²) in [7, 11) is 0. The third-order valence-corrected chi connectivity index (χ3v) is 2.12. The van der Waals surface area contributed by atoms with Crippen LogP contribution in [0.3, 0.4) is 0 Å². The number of carbonyl (C=O) groups is 1. The highest BCUT2D eigenvalue weighted by atomic mass is 19.1. The van der Waals surface area contributed by atoms with Crippen LogP contribution >= 0.6 is 0 Å². The normalized spacial score (nSPS) is 9.94. The topological polar surface area (TPSA) is 69.8 Å². The van der Waals surface area contributed by atoms with E-state index in [9.17, 15) is 9.18 Å². The molecule has 88 valence electrons. The van der Waals surface area contributed by atoms with Crippen LogP contribution in [0.25, 0.3) is 0 Å². The maximum Gasteiger partial charge on any atom is 0.319 e. The Kier molecular flexibility index (Phi) is 3.34. The molecule has 0 radical (unpaired) electrons. The zero-order valence-corrected chi connectivity index (χ0v) is 8.90. The summed E-state index contributed by atoms with van der Waals surface area (Å²) in [6.07, 6.45) is 3.12. The predicted octanol–water partition coefficient (Wildman–Crippen LogP) is 1.87. The molecule has 0 spiro atoms. The van der Waals surface area contributed by atoms with Gasteiger partial charge >= 0.3 is 6.03 Å². The number of H-pyrrole nitrogens is 1. The molecular formula is C11H11FN4O. The van der Waals surface area contributed by atoms with Gasteiger partial charge < -0.3 is 15.6 Å². The second-order valence-electron chi connectivity index (χ2n) is 3.36. The van der Waals surface area contributed by atoms with Crippen LogP contribution in [0.4, 0.5) is 14.9 Å². The van der Waals surface area contributed by atoms with Crippen LogP contribution in [0.1, 0.15) is 5.69 Å². The van der Waals surface area contributed by atoms with Crippen molar-refractivity contribution < 1.29 is 9.18 Å². The molecule has 6 heteroatoms. The molecule has 0 atom stereocenters. The fourth-order valence-corrected chi connectivity index (χ4v) is 1.29. The van der Waals surface area contributed by atoms with Crippen molar-refractivity contribution in [2.45, 2.75) is 6.54 Å². The van der Waals surface area contributed by atoms with Crippen molar-refractivity contribution in [2.24, 2.45) is 0 Å². The van der Waals surface area contributed by atoms with Crippen molar-refractivity contribution in [3.63, 3.8) is 0 Å². The summed E-state index contributed by atoms with van der Waals surface area (Å²) >= 11 is 0. The number of nitrogens with one attached hydrogen (secondary N) is 3. The molecule has 0 fully saturated rings. The lowest BCUT2D eigenvalue weighted by Gasteiger charge is -2.07. The molecule has 0 saturated heterocycles. The van der Waals surface area contributed by atoms with E-state index in [0.29, 0.717) is 6.54 Å². The Hall–Kier alpha value is -2.37. The van der Waals surface area contributed by atoms with Gasteiger partial charge in [0.05, 0.1) is 24.3 Å². The zero-order valence-electron chi connectivity index (χ0n) is 8.90. The first-order chi connectivity index (χ1) is 8.25.